The van der Waals surface area contributed by atoms with Gasteiger partial charge in [-0.15, -0.1) is 10.2 Å². The second-order valence-electron chi connectivity index (χ2n) is 7.38. The van der Waals surface area contributed by atoms with E-state index in [2.05, 4.69) is 15.5 Å². The number of carbonyl (C=O) groups excluding carboxylic acids is 2. The highest BCUT2D eigenvalue weighted by atomic mass is 35.5. The van der Waals surface area contributed by atoms with E-state index in [0.29, 0.717) is 38.8 Å². The molecular formula is C22H21Cl2N5O2S. The Morgan fingerprint density at radius 2 is 1.88 bits per heavy atom. The summed E-state index contributed by atoms with van der Waals surface area (Å²) in [6.45, 7) is 0.632. The van der Waals surface area contributed by atoms with Gasteiger partial charge in [0.25, 0.3) is 5.91 Å². The number of thioether (sulfide) groups is 1. The van der Waals surface area contributed by atoms with Crippen molar-refractivity contribution in [3.05, 3.63) is 70.0 Å². The molecule has 1 saturated heterocycles. The Balaban J connectivity index is 1.42. The number of hydrogen-bond donors (Lipinski definition) is 1. The van der Waals surface area contributed by atoms with Crippen LogP contribution >= 0.6 is 35.0 Å². The average Bonchev–Trinajstić information content (AvgIpc) is 3.40. The fourth-order valence-electron chi connectivity index (χ4n) is 3.67. The first kappa shape index (κ1) is 22.6. The number of amides is 2. The van der Waals surface area contributed by atoms with Crippen molar-refractivity contribution in [1.29, 1.82) is 0 Å². The van der Waals surface area contributed by atoms with Crippen molar-refractivity contribution in [3.8, 4) is 0 Å². The van der Waals surface area contributed by atoms with Crippen molar-refractivity contribution < 1.29 is 9.59 Å². The summed E-state index contributed by atoms with van der Waals surface area (Å²) < 4.78 is 1.85. The first-order valence-electron chi connectivity index (χ1n) is 10.1. The van der Waals surface area contributed by atoms with E-state index in [1.165, 1.54) is 11.8 Å². The lowest BCUT2D eigenvalue weighted by molar-refractivity contribution is -0.113. The summed E-state index contributed by atoms with van der Waals surface area (Å²) in [5, 5.41) is 13.1. The topological polar surface area (TPSA) is 80.1 Å². The van der Waals surface area contributed by atoms with Crippen LogP contribution in [0.1, 0.15) is 35.1 Å². The van der Waals surface area contributed by atoms with Gasteiger partial charge in [0.05, 0.1) is 22.4 Å². The lowest BCUT2D eigenvalue weighted by Gasteiger charge is -2.24. The summed E-state index contributed by atoms with van der Waals surface area (Å²) in [7, 11) is 1.85. The van der Waals surface area contributed by atoms with Crippen molar-refractivity contribution in [2.45, 2.75) is 24.0 Å². The SMILES string of the molecule is Cn1c(SCC(=O)Nc2ccc(Cl)cc2)nnc1C1CCCN1C(=O)c1ccccc1Cl. The molecule has 1 atom stereocenters. The zero-order chi connectivity index (χ0) is 22.7. The summed E-state index contributed by atoms with van der Waals surface area (Å²) in [4.78, 5) is 27.2. The van der Waals surface area contributed by atoms with Crippen LogP contribution < -0.4 is 5.32 Å². The molecule has 7 nitrogen and oxygen atoms in total. The number of aromatic nitrogens is 3. The van der Waals surface area contributed by atoms with Gasteiger partial charge in [0.15, 0.2) is 11.0 Å². The summed E-state index contributed by atoms with van der Waals surface area (Å²) >= 11 is 13.4. The standard InChI is InChI=1S/C22H21Cl2N5O2S/c1-28-20(18-7-4-12-29(18)21(31)16-5-2-3-6-17(16)24)26-27-22(28)32-13-19(30)25-15-10-8-14(23)9-11-15/h2-3,5-6,8-11,18H,4,7,12-13H2,1H3,(H,25,30). The molecule has 0 spiro atoms. The smallest absolute Gasteiger partial charge is 0.255 e. The fraction of sp³-hybridized carbons (Fsp3) is 0.273. The van der Waals surface area contributed by atoms with E-state index in [-0.39, 0.29) is 23.6 Å². The molecule has 0 radical (unpaired) electrons. The largest absolute Gasteiger partial charge is 0.328 e. The third-order valence-electron chi connectivity index (χ3n) is 5.24. The molecule has 3 aromatic rings. The number of anilines is 1. The molecule has 2 aromatic carbocycles. The van der Waals surface area contributed by atoms with E-state index in [9.17, 15) is 9.59 Å². The molecule has 166 valence electrons. The fourth-order valence-corrected chi connectivity index (χ4v) is 4.73. The Labute approximate surface area is 200 Å². The quantitative estimate of drug-likeness (QED) is 0.501. The van der Waals surface area contributed by atoms with Crippen molar-refractivity contribution in [1.82, 2.24) is 19.7 Å². The second kappa shape index (κ2) is 9.94. The Morgan fingerprint density at radius 1 is 1.12 bits per heavy atom. The van der Waals surface area contributed by atoms with E-state index < -0.39 is 0 Å². The molecule has 1 N–H and O–H groups in total. The van der Waals surface area contributed by atoms with E-state index in [1.54, 1.807) is 53.4 Å². The Kier molecular flexibility index (Phi) is 7.03. The van der Waals surface area contributed by atoms with Gasteiger partial charge >= 0.3 is 0 Å². The van der Waals surface area contributed by atoms with E-state index in [0.717, 1.165) is 12.8 Å². The van der Waals surface area contributed by atoms with Gasteiger partial charge in [-0.3, -0.25) is 9.59 Å². The molecule has 2 amide bonds. The van der Waals surface area contributed by atoms with Gasteiger partial charge in [-0.05, 0) is 49.2 Å². The maximum Gasteiger partial charge on any atom is 0.255 e. The molecule has 1 aliphatic rings. The van der Waals surface area contributed by atoms with Crippen LogP contribution in [0, 0.1) is 0 Å². The van der Waals surface area contributed by atoms with Gasteiger partial charge < -0.3 is 14.8 Å². The van der Waals surface area contributed by atoms with E-state index in [1.807, 2.05) is 11.6 Å². The second-order valence-corrected chi connectivity index (χ2v) is 9.17. The van der Waals surface area contributed by atoms with Gasteiger partial charge in [0, 0.05) is 24.3 Å². The molecule has 0 bridgehead atoms. The molecule has 1 aliphatic heterocycles. The molecule has 1 unspecified atom stereocenters. The van der Waals surface area contributed by atoms with Crippen LogP contribution in [-0.2, 0) is 11.8 Å². The highest BCUT2D eigenvalue weighted by Crippen LogP contribution is 2.34. The third kappa shape index (κ3) is 4.92. The molecule has 0 saturated carbocycles. The van der Waals surface area contributed by atoms with Gasteiger partial charge in [0.2, 0.25) is 5.91 Å². The maximum atomic E-state index is 13.1. The average molecular weight is 490 g/mol. The summed E-state index contributed by atoms with van der Waals surface area (Å²) in [5.74, 6) is 0.612. The maximum absolute atomic E-state index is 13.1. The number of hydrogen-bond acceptors (Lipinski definition) is 5. The molecular weight excluding hydrogens is 469 g/mol. The van der Waals surface area contributed by atoms with Crippen molar-refractivity contribution >= 4 is 52.5 Å². The molecule has 4 rings (SSSR count). The molecule has 10 heteroatoms. The first-order chi connectivity index (χ1) is 15.4. The van der Waals surface area contributed by atoms with E-state index >= 15 is 0 Å². The molecule has 0 aliphatic carbocycles. The van der Waals surface area contributed by atoms with Crippen LogP contribution in [0.15, 0.2) is 53.7 Å². The first-order valence-corrected chi connectivity index (χ1v) is 11.8. The van der Waals surface area contributed by atoms with Crippen molar-refractivity contribution in [3.63, 3.8) is 0 Å². The lowest BCUT2D eigenvalue weighted by Crippen LogP contribution is -2.32. The van der Waals surface area contributed by atoms with Crippen LogP contribution in [0.2, 0.25) is 10.0 Å². The number of halogens is 2. The van der Waals surface area contributed by atoms with Crippen LogP contribution in [0.25, 0.3) is 0 Å². The minimum absolute atomic E-state index is 0.113. The molecule has 2 heterocycles. The third-order valence-corrected chi connectivity index (χ3v) is 6.85. The van der Waals surface area contributed by atoms with Gasteiger partial charge in [0.1, 0.15) is 0 Å². The lowest BCUT2D eigenvalue weighted by atomic mass is 10.1. The van der Waals surface area contributed by atoms with Crippen LogP contribution in [-0.4, -0.2) is 43.8 Å². The number of nitrogens with zero attached hydrogens (tertiary/aromatic N) is 4. The predicted octanol–water partition coefficient (Wildman–Crippen LogP) is 4.83. The van der Waals surface area contributed by atoms with Gasteiger partial charge in [-0.25, -0.2) is 0 Å². The Bertz CT molecular complexity index is 1140. The number of carbonyl (C=O) groups is 2. The monoisotopic (exact) mass is 489 g/mol. The zero-order valence-electron chi connectivity index (χ0n) is 17.3. The normalized spacial score (nSPS) is 15.7. The van der Waals surface area contributed by atoms with Crippen LogP contribution in [0.5, 0.6) is 0 Å². The minimum atomic E-state index is -0.187. The summed E-state index contributed by atoms with van der Waals surface area (Å²) in [5.41, 5.74) is 1.16. The molecule has 1 aromatic heterocycles. The number of likely N-dealkylation sites (tertiary alicyclic amines) is 1. The van der Waals surface area contributed by atoms with Gasteiger partial charge in [-0.2, -0.15) is 0 Å². The molecule has 32 heavy (non-hydrogen) atoms. The Morgan fingerprint density at radius 3 is 2.62 bits per heavy atom. The van der Waals surface area contributed by atoms with E-state index in [4.69, 9.17) is 23.2 Å². The molecule has 1 fully saturated rings. The zero-order valence-corrected chi connectivity index (χ0v) is 19.6. The van der Waals surface area contributed by atoms with Gasteiger partial charge in [-0.1, -0.05) is 47.1 Å². The van der Waals surface area contributed by atoms with Crippen LogP contribution in [0.4, 0.5) is 5.69 Å². The predicted molar refractivity (Wildman–Crippen MR) is 126 cm³/mol. The van der Waals surface area contributed by atoms with Crippen molar-refractivity contribution in [2.75, 3.05) is 17.6 Å². The number of benzene rings is 2. The highest BCUT2D eigenvalue weighted by Gasteiger charge is 2.34. The van der Waals surface area contributed by atoms with Crippen LogP contribution in [0.3, 0.4) is 0 Å². The van der Waals surface area contributed by atoms with Crippen molar-refractivity contribution in [2.24, 2.45) is 7.05 Å². The highest BCUT2D eigenvalue weighted by molar-refractivity contribution is 7.99. The number of nitrogens with one attached hydrogen (secondary N) is 1. The summed E-state index contributed by atoms with van der Waals surface area (Å²) in [6.07, 6.45) is 1.67. The minimum Gasteiger partial charge on any atom is -0.328 e. The summed E-state index contributed by atoms with van der Waals surface area (Å²) in [6, 6.07) is 13.8. The number of rotatable bonds is 6. The Hall–Kier alpha value is -2.55.